The SMILES string of the molecule is C#C/C(OC)=C(\C=C/COC)c1cccc(Oc2ccc(CC3SC(=O)NC3=O)cc2)c1. The van der Waals surface area contributed by atoms with Crippen LogP contribution in [0.1, 0.15) is 11.1 Å². The van der Waals surface area contributed by atoms with Gasteiger partial charge < -0.3 is 14.2 Å². The monoisotopic (exact) mass is 449 g/mol. The van der Waals surface area contributed by atoms with Crippen molar-refractivity contribution in [2.45, 2.75) is 11.7 Å². The van der Waals surface area contributed by atoms with E-state index in [0.29, 0.717) is 30.3 Å². The Bertz CT molecular complexity index is 1080. The number of carbonyl (C=O) groups excluding carboxylic acids is 2. The Balaban J connectivity index is 1.75. The molecule has 0 saturated carbocycles. The van der Waals surface area contributed by atoms with Crippen LogP contribution < -0.4 is 10.1 Å². The van der Waals surface area contributed by atoms with Gasteiger partial charge in [0.2, 0.25) is 5.91 Å². The van der Waals surface area contributed by atoms with Gasteiger partial charge in [0.1, 0.15) is 11.5 Å². The normalized spacial score (nSPS) is 16.5. The molecule has 1 unspecified atom stereocenters. The van der Waals surface area contributed by atoms with Crippen LogP contribution in [0.4, 0.5) is 4.79 Å². The minimum Gasteiger partial charge on any atom is -0.488 e. The number of amides is 2. The fourth-order valence-corrected chi connectivity index (χ4v) is 3.97. The molecule has 3 rings (SSSR count). The van der Waals surface area contributed by atoms with Crippen molar-refractivity contribution in [2.75, 3.05) is 20.8 Å². The fraction of sp³-hybridized carbons (Fsp3) is 0.200. The van der Waals surface area contributed by atoms with Gasteiger partial charge in [0.25, 0.3) is 5.24 Å². The third-order valence-electron chi connectivity index (χ3n) is 4.62. The lowest BCUT2D eigenvalue weighted by Gasteiger charge is -2.11. The summed E-state index contributed by atoms with van der Waals surface area (Å²) in [6.45, 7) is 0.447. The molecule has 1 heterocycles. The van der Waals surface area contributed by atoms with Gasteiger partial charge in [-0.3, -0.25) is 14.9 Å². The molecule has 6 nitrogen and oxygen atoms in total. The molecule has 7 heteroatoms. The first kappa shape index (κ1) is 23.2. The number of hydrogen-bond donors (Lipinski definition) is 1. The number of rotatable bonds is 9. The molecule has 0 radical (unpaired) electrons. The predicted octanol–water partition coefficient (Wildman–Crippen LogP) is 4.57. The minimum atomic E-state index is -0.395. The Kier molecular flexibility index (Phi) is 8.14. The highest BCUT2D eigenvalue weighted by molar-refractivity contribution is 8.15. The van der Waals surface area contributed by atoms with Crippen molar-refractivity contribution < 1.29 is 23.8 Å². The van der Waals surface area contributed by atoms with Gasteiger partial charge in [-0.2, -0.15) is 0 Å². The number of thioether (sulfide) groups is 1. The maximum Gasteiger partial charge on any atom is 0.286 e. The molecule has 0 spiro atoms. The average molecular weight is 450 g/mol. The maximum absolute atomic E-state index is 11.7. The smallest absolute Gasteiger partial charge is 0.286 e. The minimum absolute atomic E-state index is 0.247. The van der Waals surface area contributed by atoms with Gasteiger partial charge in [-0.15, -0.1) is 6.42 Å². The summed E-state index contributed by atoms with van der Waals surface area (Å²) >= 11 is 1.02. The third-order valence-corrected chi connectivity index (χ3v) is 5.60. The first-order valence-corrected chi connectivity index (χ1v) is 10.7. The first-order valence-electron chi connectivity index (χ1n) is 9.83. The molecule has 1 saturated heterocycles. The van der Waals surface area contributed by atoms with E-state index in [4.69, 9.17) is 20.6 Å². The molecule has 1 aliphatic heterocycles. The number of carbonyl (C=O) groups is 2. The Morgan fingerprint density at radius 3 is 2.56 bits per heavy atom. The van der Waals surface area contributed by atoms with Crippen molar-refractivity contribution in [3.8, 4) is 23.8 Å². The van der Waals surface area contributed by atoms with Crippen LogP contribution in [-0.2, 0) is 20.7 Å². The van der Waals surface area contributed by atoms with Crippen LogP contribution in [0, 0.1) is 12.3 Å². The number of imide groups is 1. The van der Waals surface area contributed by atoms with E-state index in [1.54, 1.807) is 7.11 Å². The fourth-order valence-electron chi connectivity index (χ4n) is 3.11. The van der Waals surface area contributed by atoms with Crippen molar-refractivity contribution in [1.29, 1.82) is 0 Å². The molecule has 164 valence electrons. The van der Waals surface area contributed by atoms with E-state index in [9.17, 15) is 9.59 Å². The van der Waals surface area contributed by atoms with Crippen LogP contribution in [-0.4, -0.2) is 37.2 Å². The summed E-state index contributed by atoms with van der Waals surface area (Å²) in [5.41, 5.74) is 2.53. The number of benzene rings is 2. The maximum atomic E-state index is 11.7. The van der Waals surface area contributed by atoms with E-state index >= 15 is 0 Å². The van der Waals surface area contributed by atoms with Gasteiger partial charge in [0.15, 0.2) is 5.76 Å². The topological polar surface area (TPSA) is 73.9 Å². The van der Waals surface area contributed by atoms with Crippen LogP contribution in [0.3, 0.4) is 0 Å². The molecule has 0 aromatic heterocycles. The largest absolute Gasteiger partial charge is 0.488 e. The summed E-state index contributed by atoms with van der Waals surface area (Å²) in [4.78, 5) is 23.1. The highest BCUT2D eigenvalue weighted by Gasteiger charge is 2.31. The van der Waals surface area contributed by atoms with Gasteiger partial charge in [-0.05, 0) is 47.7 Å². The van der Waals surface area contributed by atoms with Crippen LogP contribution in [0.15, 0.2) is 66.4 Å². The summed E-state index contributed by atoms with van der Waals surface area (Å²) in [6.07, 6.45) is 9.79. The Morgan fingerprint density at radius 2 is 1.94 bits per heavy atom. The van der Waals surface area contributed by atoms with Gasteiger partial charge >= 0.3 is 0 Å². The lowest BCUT2D eigenvalue weighted by molar-refractivity contribution is -0.118. The zero-order chi connectivity index (χ0) is 22.9. The summed E-state index contributed by atoms with van der Waals surface area (Å²) in [6, 6.07) is 15.0. The van der Waals surface area contributed by atoms with Crippen LogP contribution in [0.5, 0.6) is 11.5 Å². The van der Waals surface area contributed by atoms with Crippen molar-refractivity contribution in [3.63, 3.8) is 0 Å². The number of nitrogens with one attached hydrogen (secondary N) is 1. The lowest BCUT2D eigenvalue weighted by Crippen LogP contribution is -2.25. The highest BCUT2D eigenvalue weighted by atomic mass is 32.2. The second kappa shape index (κ2) is 11.2. The third kappa shape index (κ3) is 6.03. The van der Waals surface area contributed by atoms with E-state index in [1.165, 1.54) is 7.11 Å². The van der Waals surface area contributed by atoms with Gasteiger partial charge in [0.05, 0.1) is 19.0 Å². The Labute approximate surface area is 191 Å². The van der Waals surface area contributed by atoms with E-state index in [-0.39, 0.29) is 11.1 Å². The van der Waals surface area contributed by atoms with Crippen molar-refractivity contribution >= 4 is 28.5 Å². The molecule has 32 heavy (non-hydrogen) atoms. The van der Waals surface area contributed by atoms with Crippen molar-refractivity contribution in [2.24, 2.45) is 0 Å². The van der Waals surface area contributed by atoms with E-state index in [1.807, 2.05) is 60.7 Å². The van der Waals surface area contributed by atoms with Gasteiger partial charge in [0, 0.05) is 12.7 Å². The molecule has 2 aromatic rings. The van der Waals surface area contributed by atoms with Crippen molar-refractivity contribution in [3.05, 3.63) is 77.6 Å². The average Bonchev–Trinajstić information content (AvgIpc) is 3.11. The molecular weight excluding hydrogens is 426 g/mol. The number of terminal acetylenes is 1. The number of hydrogen-bond acceptors (Lipinski definition) is 6. The second-order valence-electron chi connectivity index (χ2n) is 6.81. The molecule has 2 amide bonds. The summed E-state index contributed by atoms with van der Waals surface area (Å²) in [7, 11) is 3.15. The quantitative estimate of drug-likeness (QED) is 0.344. The Hall–Kier alpha value is -3.47. The number of ether oxygens (including phenoxy) is 3. The van der Waals surface area contributed by atoms with E-state index in [0.717, 1.165) is 28.5 Å². The molecule has 1 aliphatic rings. The van der Waals surface area contributed by atoms with E-state index < -0.39 is 5.25 Å². The number of allylic oxidation sites excluding steroid dienone is 3. The summed E-state index contributed by atoms with van der Waals surface area (Å²) in [5, 5.41) is 1.61. The molecule has 1 atom stereocenters. The molecule has 1 N–H and O–H groups in total. The van der Waals surface area contributed by atoms with E-state index in [2.05, 4.69) is 11.2 Å². The van der Waals surface area contributed by atoms with Gasteiger partial charge in [-0.25, -0.2) is 0 Å². The van der Waals surface area contributed by atoms with Gasteiger partial charge in [-0.1, -0.05) is 48.2 Å². The van der Waals surface area contributed by atoms with Crippen LogP contribution >= 0.6 is 11.8 Å². The van der Waals surface area contributed by atoms with Crippen LogP contribution in [0.2, 0.25) is 0 Å². The molecule has 0 aliphatic carbocycles. The lowest BCUT2D eigenvalue weighted by atomic mass is 10.0. The van der Waals surface area contributed by atoms with Crippen molar-refractivity contribution in [1.82, 2.24) is 5.32 Å². The Morgan fingerprint density at radius 1 is 1.16 bits per heavy atom. The standard InChI is InChI=1S/C25H23NO5S/c1-4-22(30-3)21(9-6-14-29-2)18-7-5-8-20(16-18)31-19-12-10-17(11-13-19)15-23-24(27)26-25(28)32-23/h1,5-13,16,23H,14-15H2,2-3H3,(H,26,27,28)/b9-6-,22-21-. The zero-order valence-electron chi connectivity index (χ0n) is 17.8. The molecule has 1 fully saturated rings. The molecule has 2 aromatic carbocycles. The summed E-state index contributed by atoms with van der Waals surface area (Å²) < 4.78 is 16.4. The first-order chi connectivity index (χ1) is 15.5. The predicted molar refractivity (Wildman–Crippen MR) is 125 cm³/mol. The van der Waals surface area contributed by atoms with Crippen LogP contribution in [0.25, 0.3) is 5.57 Å². The zero-order valence-corrected chi connectivity index (χ0v) is 18.6. The number of methoxy groups -OCH3 is 2. The second-order valence-corrected chi connectivity index (χ2v) is 7.99. The summed E-state index contributed by atoms with van der Waals surface area (Å²) in [5.74, 6) is 4.01. The molecular formula is C25H23NO5S. The highest BCUT2D eigenvalue weighted by Crippen LogP contribution is 2.29. The molecule has 0 bridgehead atoms.